The second-order valence-corrected chi connectivity index (χ2v) is 2.99. The first-order valence-corrected chi connectivity index (χ1v) is 5.04. The lowest BCUT2D eigenvalue weighted by Crippen LogP contribution is -2.03. The molecule has 1 saturated heterocycles. The Kier molecular flexibility index (Phi) is 10.9. The molecule has 1 aliphatic rings. The van der Waals surface area contributed by atoms with Gasteiger partial charge in [-0.15, -0.1) is 0 Å². The lowest BCUT2D eigenvalue weighted by molar-refractivity contribution is -0.128. The smallest absolute Gasteiger partial charge is 0.293 e. The number of ether oxygens (including phenoxy) is 2. The molecule has 1 rings (SSSR count). The quantitative estimate of drug-likeness (QED) is 0.501. The van der Waals surface area contributed by atoms with E-state index in [4.69, 9.17) is 4.74 Å². The first kappa shape index (κ1) is 12.4. The largest absolute Gasteiger partial charge is 0.468 e. The summed E-state index contributed by atoms with van der Waals surface area (Å²) in [7, 11) is 0. The van der Waals surface area contributed by atoms with Gasteiger partial charge in [0.25, 0.3) is 6.47 Å². The van der Waals surface area contributed by atoms with Crippen LogP contribution in [0.15, 0.2) is 0 Å². The molecule has 3 nitrogen and oxygen atoms in total. The van der Waals surface area contributed by atoms with Gasteiger partial charge in [0.05, 0.1) is 6.61 Å². The van der Waals surface area contributed by atoms with Gasteiger partial charge < -0.3 is 9.47 Å². The van der Waals surface area contributed by atoms with E-state index in [1.165, 1.54) is 19.3 Å². The standard InChI is InChI=1S/C5H10O2.C5H10O/c1-2-3-4-7-5-6;1-2-4-6-5-3-1/h5H,2-4H2,1H3;1-5H2. The fourth-order valence-corrected chi connectivity index (χ4v) is 0.963. The van der Waals surface area contributed by atoms with Crippen molar-refractivity contribution in [1.82, 2.24) is 0 Å². The summed E-state index contributed by atoms with van der Waals surface area (Å²) in [6.07, 6.45) is 5.98. The molecule has 0 atom stereocenters. The zero-order chi connectivity index (χ0) is 9.78. The molecule has 0 spiro atoms. The number of hydrogen-bond acceptors (Lipinski definition) is 3. The van der Waals surface area contributed by atoms with E-state index in [1.807, 2.05) is 6.92 Å². The summed E-state index contributed by atoms with van der Waals surface area (Å²) in [5.41, 5.74) is 0. The van der Waals surface area contributed by atoms with Gasteiger partial charge in [0.2, 0.25) is 0 Å². The van der Waals surface area contributed by atoms with Crippen LogP contribution in [0.4, 0.5) is 0 Å². The van der Waals surface area contributed by atoms with E-state index in [9.17, 15) is 4.79 Å². The van der Waals surface area contributed by atoms with Crippen molar-refractivity contribution >= 4 is 6.47 Å². The van der Waals surface area contributed by atoms with Gasteiger partial charge in [-0.2, -0.15) is 0 Å². The fourth-order valence-electron chi connectivity index (χ4n) is 0.963. The molecule has 0 aliphatic carbocycles. The maximum atomic E-state index is 9.46. The van der Waals surface area contributed by atoms with Gasteiger partial charge in [-0.3, -0.25) is 4.79 Å². The molecule has 1 fully saturated rings. The molecule has 78 valence electrons. The average Bonchev–Trinajstić information content (AvgIpc) is 2.22. The summed E-state index contributed by atoms with van der Waals surface area (Å²) in [6, 6.07) is 0. The molecule has 0 aromatic carbocycles. The normalized spacial score (nSPS) is 15.5. The number of rotatable bonds is 4. The molecule has 0 aromatic rings. The van der Waals surface area contributed by atoms with Crippen molar-refractivity contribution in [2.75, 3.05) is 19.8 Å². The van der Waals surface area contributed by atoms with E-state index < -0.39 is 0 Å². The fraction of sp³-hybridized carbons (Fsp3) is 0.900. The predicted octanol–water partition coefficient (Wildman–Crippen LogP) is 2.15. The van der Waals surface area contributed by atoms with Crippen molar-refractivity contribution < 1.29 is 14.3 Å². The van der Waals surface area contributed by atoms with Crippen LogP contribution in [0.3, 0.4) is 0 Å². The molecular formula is C10H20O3. The van der Waals surface area contributed by atoms with Crippen molar-refractivity contribution in [1.29, 1.82) is 0 Å². The van der Waals surface area contributed by atoms with E-state index in [0.717, 1.165) is 26.1 Å². The van der Waals surface area contributed by atoms with Crippen LogP contribution in [-0.4, -0.2) is 26.3 Å². The minimum atomic E-state index is 0.482. The van der Waals surface area contributed by atoms with Gasteiger partial charge in [0.15, 0.2) is 0 Å². The topological polar surface area (TPSA) is 35.5 Å². The second-order valence-electron chi connectivity index (χ2n) is 2.99. The monoisotopic (exact) mass is 188 g/mol. The highest BCUT2D eigenvalue weighted by Crippen LogP contribution is 2.02. The number of hydrogen-bond donors (Lipinski definition) is 0. The van der Waals surface area contributed by atoms with Gasteiger partial charge in [0, 0.05) is 13.2 Å². The third-order valence-electron chi connectivity index (χ3n) is 1.76. The Morgan fingerprint density at radius 2 is 2.00 bits per heavy atom. The van der Waals surface area contributed by atoms with Crippen LogP contribution < -0.4 is 0 Å². The average molecular weight is 188 g/mol. The molecule has 1 aliphatic heterocycles. The predicted molar refractivity (Wildman–Crippen MR) is 51.6 cm³/mol. The Balaban J connectivity index is 0.000000223. The van der Waals surface area contributed by atoms with Crippen LogP contribution in [0.25, 0.3) is 0 Å². The summed E-state index contributed by atoms with van der Waals surface area (Å²) < 4.78 is 9.46. The molecule has 0 unspecified atom stereocenters. The molecule has 13 heavy (non-hydrogen) atoms. The lowest BCUT2D eigenvalue weighted by Gasteiger charge is -2.08. The maximum absolute atomic E-state index is 9.46. The Hall–Kier alpha value is -0.570. The lowest BCUT2D eigenvalue weighted by atomic mass is 10.2. The summed E-state index contributed by atoms with van der Waals surface area (Å²) in [5.74, 6) is 0. The number of carbonyl (C=O) groups is 1. The molecule has 1 heterocycles. The van der Waals surface area contributed by atoms with Crippen molar-refractivity contribution in [3.05, 3.63) is 0 Å². The molecule has 3 heteroatoms. The first-order valence-electron chi connectivity index (χ1n) is 5.04. The highest BCUT2D eigenvalue weighted by Gasteiger charge is 1.95. The van der Waals surface area contributed by atoms with E-state index >= 15 is 0 Å². The Labute approximate surface area is 80.4 Å². The second kappa shape index (κ2) is 11.4. The van der Waals surface area contributed by atoms with Crippen LogP contribution in [-0.2, 0) is 14.3 Å². The number of carbonyl (C=O) groups excluding carboxylic acids is 1. The highest BCUT2D eigenvalue weighted by atomic mass is 16.5. The van der Waals surface area contributed by atoms with E-state index in [-0.39, 0.29) is 0 Å². The first-order chi connectivity index (χ1) is 6.41. The van der Waals surface area contributed by atoms with Crippen molar-refractivity contribution in [2.24, 2.45) is 0 Å². The van der Waals surface area contributed by atoms with Crippen LogP contribution >= 0.6 is 0 Å². The van der Waals surface area contributed by atoms with Gasteiger partial charge in [-0.1, -0.05) is 13.3 Å². The zero-order valence-electron chi connectivity index (χ0n) is 8.46. The van der Waals surface area contributed by atoms with Crippen molar-refractivity contribution in [3.8, 4) is 0 Å². The van der Waals surface area contributed by atoms with Gasteiger partial charge >= 0.3 is 0 Å². The Morgan fingerprint density at radius 1 is 1.31 bits per heavy atom. The molecule has 0 aromatic heterocycles. The minimum Gasteiger partial charge on any atom is -0.468 e. The molecule has 0 bridgehead atoms. The van der Waals surface area contributed by atoms with Crippen LogP contribution in [0, 0.1) is 0 Å². The summed E-state index contributed by atoms with van der Waals surface area (Å²) in [5, 5.41) is 0. The maximum Gasteiger partial charge on any atom is 0.293 e. The van der Waals surface area contributed by atoms with Gasteiger partial charge in [0.1, 0.15) is 0 Å². The van der Waals surface area contributed by atoms with Crippen LogP contribution in [0.1, 0.15) is 39.0 Å². The van der Waals surface area contributed by atoms with Crippen molar-refractivity contribution in [3.63, 3.8) is 0 Å². The molecule has 0 saturated carbocycles. The summed E-state index contributed by atoms with van der Waals surface area (Å²) in [4.78, 5) is 9.46. The molecule has 0 amide bonds. The van der Waals surface area contributed by atoms with Gasteiger partial charge in [-0.05, 0) is 25.7 Å². The third kappa shape index (κ3) is 11.4. The van der Waals surface area contributed by atoms with Gasteiger partial charge in [-0.25, -0.2) is 0 Å². The highest BCUT2D eigenvalue weighted by molar-refractivity contribution is 5.36. The SMILES string of the molecule is C1CCOCC1.CCCCOC=O. The van der Waals surface area contributed by atoms with Crippen LogP contribution in [0.5, 0.6) is 0 Å². The van der Waals surface area contributed by atoms with E-state index in [2.05, 4.69) is 4.74 Å². The summed E-state index contributed by atoms with van der Waals surface area (Å²) >= 11 is 0. The van der Waals surface area contributed by atoms with Crippen molar-refractivity contribution in [2.45, 2.75) is 39.0 Å². The molecular weight excluding hydrogens is 168 g/mol. The molecule has 0 N–H and O–H groups in total. The van der Waals surface area contributed by atoms with E-state index in [1.54, 1.807) is 0 Å². The Bertz CT molecular complexity index is 88.8. The van der Waals surface area contributed by atoms with Crippen LogP contribution in [0.2, 0.25) is 0 Å². The Morgan fingerprint density at radius 3 is 2.31 bits per heavy atom. The number of unbranched alkanes of at least 4 members (excludes halogenated alkanes) is 1. The molecule has 0 radical (unpaired) electrons. The summed E-state index contributed by atoms with van der Waals surface area (Å²) in [6.45, 7) is 5.10. The van der Waals surface area contributed by atoms with E-state index in [0.29, 0.717) is 13.1 Å². The zero-order valence-corrected chi connectivity index (χ0v) is 8.46. The third-order valence-corrected chi connectivity index (χ3v) is 1.76. The minimum absolute atomic E-state index is 0.482.